The summed E-state index contributed by atoms with van der Waals surface area (Å²) in [6.07, 6.45) is 0. The minimum absolute atomic E-state index is 0. The van der Waals surface area contributed by atoms with Gasteiger partial charge < -0.3 is 40.0 Å². The maximum atomic E-state index is 10.5. The normalized spacial score (nSPS) is 9.15. The zero-order chi connectivity index (χ0) is 19.3. The molecule has 0 aromatic heterocycles. The van der Waals surface area contributed by atoms with Crippen molar-refractivity contribution in [1.82, 2.24) is 9.80 Å². The van der Waals surface area contributed by atoms with Crippen molar-refractivity contribution in [2.75, 3.05) is 39.3 Å². The molecule has 0 aliphatic rings. The Bertz CT molecular complexity index is 407. The number of carboxylic acids is 4. The van der Waals surface area contributed by atoms with Crippen LogP contribution in [0.3, 0.4) is 0 Å². The zero-order valence-electron chi connectivity index (χ0n) is 13.9. The Labute approximate surface area is 184 Å². The number of carboxylic acid groups (broad SMARTS) is 4. The average Bonchev–Trinajstić information content (AvgIpc) is 2.32. The van der Waals surface area contributed by atoms with Crippen molar-refractivity contribution >= 4 is 46.9 Å². The molecule has 14 nitrogen and oxygen atoms in total. The number of hydrogen-bond donors (Lipinski definition) is 2. The van der Waals surface area contributed by atoms with E-state index in [1.165, 1.54) is 0 Å². The number of carbonyl (C=O) groups is 4. The topological polar surface area (TPSA) is 228 Å². The zero-order valence-corrected chi connectivity index (χ0v) is 17.3. The number of hydrogen-bond acceptors (Lipinski definition) is 11. The molecule has 0 atom stereocenters. The molecular weight excluding hydrogens is 385 g/mol. The molecule has 0 aliphatic carbocycles. The molecule has 0 radical (unpaired) electrons. The van der Waals surface area contributed by atoms with Gasteiger partial charge >= 0.3 is 58.6 Å². The van der Waals surface area contributed by atoms with Crippen LogP contribution in [-0.2, 0) is 19.2 Å². The van der Waals surface area contributed by atoms with Crippen molar-refractivity contribution in [3.63, 3.8) is 0 Å². The molecule has 0 fully saturated rings. The quantitative estimate of drug-likeness (QED) is 0.187. The van der Waals surface area contributed by atoms with Gasteiger partial charge in [0.05, 0.1) is 24.5 Å². The van der Waals surface area contributed by atoms with Gasteiger partial charge in [0, 0.05) is 32.7 Å². The summed E-state index contributed by atoms with van der Waals surface area (Å²) >= 11 is 0. The summed E-state index contributed by atoms with van der Waals surface area (Å²) in [6, 6.07) is 0. The van der Waals surface area contributed by atoms with Gasteiger partial charge in [-0.1, -0.05) is 0 Å². The minimum atomic E-state index is -1.52. The summed E-state index contributed by atoms with van der Waals surface area (Å²) in [7, 11) is 0. The Hall–Kier alpha value is -1.23. The molecule has 138 valence electrons. The smallest absolute Gasteiger partial charge is 0.549 e. The summed E-state index contributed by atoms with van der Waals surface area (Å²) < 4.78 is 0. The largest absolute Gasteiger partial charge is 2.00 e. The monoisotopic (exact) mass is 399 g/mol. The molecule has 0 heterocycles. The molecule has 0 unspecified atom stereocenters. The number of nitrogens with zero attached hydrogens (tertiary/aromatic N) is 3. The van der Waals surface area contributed by atoms with Gasteiger partial charge in [-0.3, -0.25) is 14.6 Å². The molecule has 0 amide bonds. The van der Waals surface area contributed by atoms with Gasteiger partial charge in [-0.2, -0.15) is 0 Å². The van der Waals surface area contributed by atoms with Gasteiger partial charge in [0.1, 0.15) is 0 Å². The van der Waals surface area contributed by atoms with E-state index in [0.717, 1.165) is 9.80 Å². The fraction of sp³-hybridized carbons (Fsp3) is 0.600. The van der Waals surface area contributed by atoms with E-state index in [1.54, 1.807) is 0 Å². The second-order valence-electron chi connectivity index (χ2n) is 4.17. The standard InChI is InChI=1S/C10H16N2O8.Mg.HNO3.Na/c13-7(14)3-11(4-8(15)16)1-2-12(5-9(17)18)6-10(19)20;;2-1(3)4;/h1-6H2,(H,13,14)(H,15,16)(H,17,18)(H,19,20);;(H,2,3,4);/q;+2;;+1/p-3. The maximum Gasteiger partial charge on any atom is 2.00 e. The van der Waals surface area contributed by atoms with Gasteiger partial charge in [-0.05, 0) is 0 Å². The fourth-order valence-corrected chi connectivity index (χ4v) is 1.45. The first-order chi connectivity index (χ1) is 10.9. The predicted molar refractivity (Wildman–Crippen MR) is 70.1 cm³/mol. The SMILES string of the molecule is O=C([O-])CN(CCN(CC(=O)[O-])CC(=O)O)CC(=O)[O-].O=[N+]([O-])O.[Mg+2].[Na+]. The summed E-state index contributed by atoms with van der Waals surface area (Å²) in [6.45, 7) is -3.00. The summed E-state index contributed by atoms with van der Waals surface area (Å²) in [5.74, 6) is -5.82. The van der Waals surface area contributed by atoms with Gasteiger partial charge in [0.15, 0.2) is 0 Å². The second-order valence-corrected chi connectivity index (χ2v) is 4.17. The Morgan fingerprint density at radius 1 is 0.808 bits per heavy atom. The van der Waals surface area contributed by atoms with Crippen LogP contribution >= 0.6 is 0 Å². The van der Waals surface area contributed by atoms with Crippen LogP contribution < -0.4 is 44.9 Å². The van der Waals surface area contributed by atoms with Crippen LogP contribution in [0.4, 0.5) is 0 Å². The summed E-state index contributed by atoms with van der Waals surface area (Å²) in [4.78, 5) is 52.0. The van der Waals surface area contributed by atoms with Crippen LogP contribution in [-0.4, -0.2) is 111 Å². The van der Waals surface area contributed by atoms with E-state index >= 15 is 0 Å². The third-order valence-electron chi connectivity index (χ3n) is 2.15. The van der Waals surface area contributed by atoms with Crippen molar-refractivity contribution in [3.05, 3.63) is 10.1 Å². The van der Waals surface area contributed by atoms with E-state index in [4.69, 9.17) is 20.4 Å². The molecule has 0 aromatic carbocycles. The van der Waals surface area contributed by atoms with Crippen molar-refractivity contribution in [1.29, 1.82) is 0 Å². The Kier molecular flexibility index (Phi) is 23.1. The molecule has 0 spiro atoms. The molecule has 0 saturated carbocycles. The van der Waals surface area contributed by atoms with Gasteiger partial charge in [0.25, 0.3) is 5.09 Å². The number of aliphatic carboxylic acids is 4. The fourth-order valence-electron chi connectivity index (χ4n) is 1.45. The van der Waals surface area contributed by atoms with Crippen molar-refractivity contribution in [2.45, 2.75) is 0 Å². The van der Waals surface area contributed by atoms with E-state index in [0.29, 0.717) is 0 Å². The third kappa shape index (κ3) is 27.6. The Balaban J connectivity index is -0.000000363. The van der Waals surface area contributed by atoms with Crippen LogP contribution in [0.5, 0.6) is 0 Å². The molecule has 0 aromatic rings. The molecule has 0 bridgehead atoms. The molecule has 0 aliphatic heterocycles. The molecule has 26 heavy (non-hydrogen) atoms. The molecule has 0 rings (SSSR count). The van der Waals surface area contributed by atoms with Gasteiger partial charge in [0.2, 0.25) is 0 Å². The van der Waals surface area contributed by atoms with Gasteiger partial charge in [-0.15, -0.1) is 10.1 Å². The van der Waals surface area contributed by atoms with E-state index in [9.17, 15) is 34.5 Å². The maximum absolute atomic E-state index is 10.5. The van der Waals surface area contributed by atoms with E-state index in [1.807, 2.05) is 0 Å². The first-order valence-corrected chi connectivity index (χ1v) is 6.03. The van der Waals surface area contributed by atoms with Gasteiger partial charge in [-0.25, -0.2) is 0 Å². The average molecular weight is 400 g/mol. The predicted octanol–water partition coefficient (Wildman–Crippen LogP) is -9.80. The van der Waals surface area contributed by atoms with Crippen molar-refractivity contribution in [3.8, 4) is 0 Å². The van der Waals surface area contributed by atoms with Crippen molar-refractivity contribution in [2.24, 2.45) is 0 Å². The van der Waals surface area contributed by atoms with Crippen molar-refractivity contribution < 1.29 is 79.5 Å². The van der Waals surface area contributed by atoms with Crippen LogP contribution in [0.1, 0.15) is 0 Å². The van der Waals surface area contributed by atoms with Crippen LogP contribution in [0.2, 0.25) is 0 Å². The minimum Gasteiger partial charge on any atom is -0.549 e. The van der Waals surface area contributed by atoms with E-state index in [2.05, 4.69) is 0 Å². The summed E-state index contributed by atoms with van der Waals surface area (Å²) in [5.41, 5.74) is 0. The molecule has 0 saturated heterocycles. The molecule has 2 N–H and O–H groups in total. The first-order valence-electron chi connectivity index (χ1n) is 6.03. The Morgan fingerprint density at radius 2 is 1.04 bits per heavy atom. The van der Waals surface area contributed by atoms with Crippen LogP contribution in [0.15, 0.2) is 0 Å². The van der Waals surface area contributed by atoms with E-state index in [-0.39, 0.29) is 65.7 Å². The van der Waals surface area contributed by atoms with E-state index < -0.39 is 55.1 Å². The second kappa shape index (κ2) is 18.6. The first kappa shape index (κ1) is 32.4. The summed E-state index contributed by atoms with van der Waals surface area (Å²) in [5, 5.41) is 53.5. The Morgan fingerprint density at radius 3 is 1.23 bits per heavy atom. The number of carbonyl (C=O) groups excluding carboxylic acids is 3. The molecule has 16 heteroatoms. The number of rotatable bonds is 11. The van der Waals surface area contributed by atoms with Crippen LogP contribution in [0, 0.1) is 10.1 Å². The third-order valence-corrected chi connectivity index (χ3v) is 2.15. The van der Waals surface area contributed by atoms with Crippen LogP contribution in [0.25, 0.3) is 0 Å². The molecular formula is C10H14MgN3NaO11.